The molecule has 1 saturated heterocycles. The molecule has 0 bridgehead atoms. The molecule has 1 aromatic carbocycles. The molecular weight excluding hydrogens is 266 g/mol. The fraction of sp³-hybridized carbons (Fsp3) is 0.500. The van der Waals surface area contributed by atoms with Gasteiger partial charge in [0, 0.05) is 5.92 Å². The molecular formula is C16H21N3O2. The Kier molecular flexibility index (Phi) is 3.68. The van der Waals surface area contributed by atoms with Crippen LogP contribution in [-0.2, 0) is 9.59 Å². The van der Waals surface area contributed by atoms with Gasteiger partial charge in [0.1, 0.15) is 6.04 Å². The van der Waals surface area contributed by atoms with Gasteiger partial charge in [0.15, 0.2) is 0 Å². The molecule has 0 radical (unpaired) electrons. The highest BCUT2D eigenvalue weighted by Crippen LogP contribution is 2.58. The van der Waals surface area contributed by atoms with E-state index in [1.807, 2.05) is 30.3 Å². The van der Waals surface area contributed by atoms with E-state index in [0.717, 1.165) is 37.9 Å². The van der Waals surface area contributed by atoms with Crippen molar-refractivity contribution in [3.05, 3.63) is 35.9 Å². The van der Waals surface area contributed by atoms with Crippen molar-refractivity contribution in [3.8, 4) is 0 Å². The third-order valence-electron chi connectivity index (χ3n) is 4.81. The molecule has 3 rings (SSSR count). The lowest BCUT2D eigenvalue weighted by Gasteiger charge is -2.24. The Morgan fingerprint density at radius 2 is 1.90 bits per heavy atom. The highest BCUT2D eigenvalue weighted by molar-refractivity contribution is 5.90. The van der Waals surface area contributed by atoms with Gasteiger partial charge >= 0.3 is 0 Å². The molecule has 5 heteroatoms. The second kappa shape index (κ2) is 5.48. The number of carbonyl (C=O) groups excluding carboxylic acids is 2. The molecule has 4 N–H and O–H groups in total. The summed E-state index contributed by atoms with van der Waals surface area (Å²) >= 11 is 0. The van der Waals surface area contributed by atoms with Gasteiger partial charge in [-0.2, -0.15) is 0 Å². The van der Waals surface area contributed by atoms with E-state index in [0.29, 0.717) is 0 Å². The molecule has 2 amide bonds. The molecule has 2 aliphatic rings. The zero-order valence-corrected chi connectivity index (χ0v) is 12.0. The van der Waals surface area contributed by atoms with Crippen LogP contribution >= 0.6 is 0 Å². The molecule has 21 heavy (non-hydrogen) atoms. The fourth-order valence-corrected chi connectivity index (χ4v) is 3.40. The van der Waals surface area contributed by atoms with E-state index in [1.165, 1.54) is 0 Å². The van der Waals surface area contributed by atoms with Gasteiger partial charge < -0.3 is 16.4 Å². The average Bonchev–Trinajstić information content (AvgIpc) is 3.19. The Balaban J connectivity index is 1.67. The maximum Gasteiger partial charge on any atom is 0.244 e. The van der Waals surface area contributed by atoms with Crippen molar-refractivity contribution in [2.45, 2.75) is 25.3 Å². The van der Waals surface area contributed by atoms with E-state index in [4.69, 9.17) is 5.73 Å². The van der Waals surface area contributed by atoms with Crippen LogP contribution in [0.2, 0.25) is 0 Å². The molecule has 0 aromatic heterocycles. The maximum absolute atomic E-state index is 12.4. The summed E-state index contributed by atoms with van der Waals surface area (Å²) in [5, 5.41) is 6.15. The Bertz CT molecular complexity index is 538. The monoisotopic (exact) mass is 287 g/mol. The Labute approximate surface area is 124 Å². The molecule has 2 fully saturated rings. The minimum absolute atomic E-state index is 0.0326. The molecule has 5 nitrogen and oxygen atoms in total. The molecule has 1 heterocycles. The van der Waals surface area contributed by atoms with Crippen molar-refractivity contribution in [3.63, 3.8) is 0 Å². The summed E-state index contributed by atoms with van der Waals surface area (Å²) in [6.45, 7) is 1.95. The summed E-state index contributed by atoms with van der Waals surface area (Å²) < 4.78 is 0. The zero-order chi connectivity index (χ0) is 14.9. The van der Waals surface area contributed by atoms with Crippen LogP contribution < -0.4 is 16.4 Å². The molecule has 1 saturated carbocycles. The van der Waals surface area contributed by atoms with E-state index < -0.39 is 11.9 Å². The van der Waals surface area contributed by atoms with Crippen LogP contribution in [0.15, 0.2) is 30.3 Å². The minimum atomic E-state index is -0.738. The van der Waals surface area contributed by atoms with E-state index >= 15 is 0 Å². The number of nitrogens with one attached hydrogen (secondary N) is 2. The number of hydrogen-bond donors (Lipinski definition) is 3. The van der Waals surface area contributed by atoms with Crippen molar-refractivity contribution in [1.82, 2.24) is 10.6 Å². The third kappa shape index (κ3) is 2.78. The number of hydrogen-bond acceptors (Lipinski definition) is 3. The first-order valence-corrected chi connectivity index (χ1v) is 7.48. The van der Waals surface area contributed by atoms with Crippen LogP contribution in [0.4, 0.5) is 0 Å². The van der Waals surface area contributed by atoms with Crippen molar-refractivity contribution in [2.75, 3.05) is 13.1 Å². The van der Waals surface area contributed by atoms with Gasteiger partial charge in [0.2, 0.25) is 11.8 Å². The van der Waals surface area contributed by atoms with E-state index in [9.17, 15) is 9.59 Å². The largest absolute Gasteiger partial charge is 0.368 e. The van der Waals surface area contributed by atoms with Gasteiger partial charge in [0.05, 0.1) is 0 Å². The zero-order valence-electron chi connectivity index (χ0n) is 12.0. The molecule has 112 valence electrons. The number of benzene rings is 1. The maximum atomic E-state index is 12.4. The summed E-state index contributed by atoms with van der Waals surface area (Å²) in [6, 6.07) is 8.42. The molecule has 1 aliphatic carbocycles. The second-order valence-corrected chi connectivity index (χ2v) is 6.12. The van der Waals surface area contributed by atoms with E-state index in [2.05, 4.69) is 10.6 Å². The first-order chi connectivity index (χ1) is 10.1. The number of nitrogens with two attached hydrogens (primary N) is 1. The van der Waals surface area contributed by atoms with Gasteiger partial charge in [-0.3, -0.25) is 9.59 Å². The summed E-state index contributed by atoms with van der Waals surface area (Å²) in [5.74, 6) is -0.524. The first kappa shape index (κ1) is 14.1. The normalized spacial score (nSPS) is 24.3. The van der Waals surface area contributed by atoms with Gasteiger partial charge in [-0.25, -0.2) is 0 Å². The third-order valence-corrected chi connectivity index (χ3v) is 4.81. The highest BCUT2D eigenvalue weighted by Gasteiger charge is 2.57. The first-order valence-electron chi connectivity index (χ1n) is 7.48. The van der Waals surface area contributed by atoms with Gasteiger partial charge in [-0.05, 0) is 43.3 Å². The molecule has 1 spiro atoms. The molecule has 2 atom stereocenters. The van der Waals surface area contributed by atoms with Crippen molar-refractivity contribution < 1.29 is 9.59 Å². The van der Waals surface area contributed by atoms with Crippen LogP contribution in [-0.4, -0.2) is 24.9 Å². The SMILES string of the molecule is NC(=O)C(NC(=O)C1CC12CCNCC2)c1ccccc1. The molecule has 1 aromatic rings. The standard InChI is InChI=1S/C16H21N3O2/c17-14(20)13(11-4-2-1-3-5-11)19-15(21)12-10-16(12)6-8-18-9-7-16/h1-5,12-13,18H,6-10H2,(H2,17,20)(H,19,21). The summed E-state index contributed by atoms with van der Waals surface area (Å²) in [4.78, 5) is 24.1. The topological polar surface area (TPSA) is 84.2 Å². The summed E-state index contributed by atoms with van der Waals surface area (Å²) in [5.41, 5.74) is 6.34. The van der Waals surface area contributed by atoms with Crippen LogP contribution in [0.3, 0.4) is 0 Å². The summed E-state index contributed by atoms with van der Waals surface area (Å²) in [7, 11) is 0. The van der Waals surface area contributed by atoms with Gasteiger partial charge in [0.25, 0.3) is 0 Å². The average molecular weight is 287 g/mol. The number of primary amides is 1. The Morgan fingerprint density at radius 1 is 1.24 bits per heavy atom. The quantitative estimate of drug-likeness (QED) is 0.763. The Morgan fingerprint density at radius 3 is 2.52 bits per heavy atom. The number of amides is 2. The van der Waals surface area contributed by atoms with Gasteiger partial charge in [-0.15, -0.1) is 0 Å². The van der Waals surface area contributed by atoms with Crippen molar-refractivity contribution in [2.24, 2.45) is 17.1 Å². The number of carbonyl (C=O) groups is 2. The predicted octanol–water partition coefficient (Wildman–Crippen LogP) is 0.719. The van der Waals surface area contributed by atoms with Crippen LogP contribution in [0, 0.1) is 11.3 Å². The Hall–Kier alpha value is -1.88. The predicted molar refractivity (Wildman–Crippen MR) is 79.2 cm³/mol. The van der Waals surface area contributed by atoms with Crippen LogP contribution in [0.5, 0.6) is 0 Å². The second-order valence-electron chi connectivity index (χ2n) is 6.12. The number of rotatable bonds is 4. The summed E-state index contributed by atoms with van der Waals surface area (Å²) in [6.07, 6.45) is 3.01. The van der Waals surface area contributed by atoms with Crippen molar-refractivity contribution in [1.29, 1.82) is 0 Å². The molecule has 2 unspecified atom stereocenters. The lowest BCUT2D eigenvalue weighted by molar-refractivity contribution is -0.128. The van der Waals surface area contributed by atoms with Crippen LogP contribution in [0.1, 0.15) is 30.9 Å². The molecule has 1 aliphatic heterocycles. The van der Waals surface area contributed by atoms with Crippen molar-refractivity contribution >= 4 is 11.8 Å². The minimum Gasteiger partial charge on any atom is -0.368 e. The van der Waals surface area contributed by atoms with Gasteiger partial charge in [-0.1, -0.05) is 30.3 Å². The fourth-order valence-electron chi connectivity index (χ4n) is 3.40. The smallest absolute Gasteiger partial charge is 0.244 e. The lowest BCUT2D eigenvalue weighted by atomic mass is 9.91. The number of piperidine rings is 1. The van der Waals surface area contributed by atoms with E-state index in [-0.39, 0.29) is 17.2 Å². The van der Waals surface area contributed by atoms with E-state index in [1.54, 1.807) is 0 Å². The lowest BCUT2D eigenvalue weighted by Crippen LogP contribution is -2.40. The highest BCUT2D eigenvalue weighted by atomic mass is 16.2. The van der Waals surface area contributed by atoms with Crippen LogP contribution in [0.25, 0.3) is 0 Å².